The lowest BCUT2D eigenvalue weighted by molar-refractivity contribution is -0.125. The fraction of sp³-hybridized carbons (Fsp3) is 0.524. The summed E-state index contributed by atoms with van der Waals surface area (Å²) in [7, 11) is 1.73. The van der Waals surface area contributed by atoms with Gasteiger partial charge in [0.1, 0.15) is 5.82 Å². The van der Waals surface area contributed by atoms with Crippen LogP contribution in [0.1, 0.15) is 42.4 Å². The fourth-order valence-corrected chi connectivity index (χ4v) is 3.87. The Kier molecular flexibility index (Phi) is 5.26. The van der Waals surface area contributed by atoms with Gasteiger partial charge < -0.3 is 10.6 Å². The van der Waals surface area contributed by atoms with Crippen molar-refractivity contribution in [3.05, 3.63) is 34.9 Å². The molecule has 1 aromatic carbocycles. The highest BCUT2D eigenvalue weighted by Crippen LogP contribution is 2.30. The zero-order valence-electron chi connectivity index (χ0n) is 15.8. The lowest BCUT2D eigenvalue weighted by atomic mass is 9.81. The SMILES string of the molecule is CNC(=O)C1CCC(CNc2cc(C)c3ccc(C)c(C)c3n2)CC1. The molecule has 1 saturated carbocycles. The van der Waals surface area contributed by atoms with E-state index in [0.29, 0.717) is 5.92 Å². The van der Waals surface area contributed by atoms with Gasteiger partial charge in [-0.3, -0.25) is 4.79 Å². The largest absolute Gasteiger partial charge is 0.370 e. The van der Waals surface area contributed by atoms with Crippen LogP contribution in [0.25, 0.3) is 10.9 Å². The number of nitrogens with zero attached hydrogens (tertiary/aromatic N) is 1. The minimum atomic E-state index is 0.198. The molecule has 2 N–H and O–H groups in total. The summed E-state index contributed by atoms with van der Waals surface area (Å²) in [5, 5.41) is 7.55. The molecule has 0 atom stereocenters. The predicted molar refractivity (Wildman–Crippen MR) is 104 cm³/mol. The van der Waals surface area contributed by atoms with Crippen molar-refractivity contribution in [2.75, 3.05) is 18.9 Å². The third-order valence-electron chi connectivity index (χ3n) is 5.75. The molecule has 0 spiro atoms. The summed E-state index contributed by atoms with van der Waals surface area (Å²) >= 11 is 0. The zero-order chi connectivity index (χ0) is 18.0. The number of anilines is 1. The number of benzene rings is 1. The highest BCUT2D eigenvalue weighted by molar-refractivity contribution is 5.87. The molecule has 1 heterocycles. The number of pyridine rings is 1. The van der Waals surface area contributed by atoms with Gasteiger partial charge in [-0.25, -0.2) is 4.98 Å². The van der Waals surface area contributed by atoms with Crippen LogP contribution in [0.2, 0.25) is 0 Å². The number of aryl methyl sites for hydroxylation is 3. The molecule has 1 amide bonds. The molecular weight excluding hydrogens is 310 g/mol. The minimum Gasteiger partial charge on any atom is -0.370 e. The molecule has 1 aliphatic rings. The van der Waals surface area contributed by atoms with E-state index in [1.807, 2.05) is 0 Å². The van der Waals surface area contributed by atoms with E-state index in [0.717, 1.165) is 43.6 Å². The first-order valence-electron chi connectivity index (χ1n) is 9.32. The Morgan fingerprint density at radius 1 is 1.12 bits per heavy atom. The molecule has 0 saturated heterocycles. The van der Waals surface area contributed by atoms with Crippen molar-refractivity contribution in [2.45, 2.75) is 46.5 Å². The Bertz CT molecular complexity index is 776. The number of rotatable bonds is 4. The first-order valence-corrected chi connectivity index (χ1v) is 9.32. The Labute approximate surface area is 150 Å². The van der Waals surface area contributed by atoms with Crippen LogP contribution in [0.15, 0.2) is 18.2 Å². The zero-order valence-corrected chi connectivity index (χ0v) is 15.8. The maximum absolute atomic E-state index is 11.7. The van der Waals surface area contributed by atoms with Crippen LogP contribution in [-0.2, 0) is 4.79 Å². The molecule has 0 unspecified atom stereocenters. The highest BCUT2D eigenvalue weighted by atomic mass is 16.1. The van der Waals surface area contributed by atoms with E-state index in [1.165, 1.54) is 22.1 Å². The average molecular weight is 339 g/mol. The Balaban J connectivity index is 1.66. The van der Waals surface area contributed by atoms with Gasteiger partial charge in [0.15, 0.2) is 0 Å². The van der Waals surface area contributed by atoms with Crippen LogP contribution in [0.5, 0.6) is 0 Å². The lowest BCUT2D eigenvalue weighted by Gasteiger charge is -2.27. The number of fused-ring (bicyclic) bond motifs is 1. The molecule has 3 rings (SSSR count). The van der Waals surface area contributed by atoms with Gasteiger partial charge in [-0.15, -0.1) is 0 Å². The molecule has 25 heavy (non-hydrogen) atoms. The summed E-state index contributed by atoms with van der Waals surface area (Å²) in [5.74, 6) is 1.99. The molecule has 0 aliphatic heterocycles. The first kappa shape index (κ1) is 17.7. The normalized spacial score (nSPS) is 20.5. The van der Waals surface area contributed by atoms with Crippen molar-refractivity contribution in [1.82, 2.24) is 10.3 Å². The van der Waals surface area contributed by atoms with Crippen LogP contribution < -0.4 is 10.6 Å². The van der Waals surface area contributed by atoms with Crippen molar-refractivity contribution < 1.29 is 4.79 Å². The summed E-state index contributed by atoms with van der Waals surface area (Å²) < 4.78 is 0. The lowest BCUT2D eigenvalue weighted by Crippen LogP contribution is -2.32. The molecule has 2 aromatic rings. The van der Waals surface area contributed by atoms with Gasteiger partial charge in [0.25, 0.3) is 0 Å². The van der Waals surface area contributed by atoms with E-state index in [2.05, 4.69) is 49.6 Å². The van der Waals surface area contributed by atoms with E-state index >= 15 is 0 Å². The third kappa shape index (κ3) is 3.78. The van der Waals surface area contributed by atoms with Crippen LogP contribution in [0.4, 0.5) is 5.82 Å². The van der Waals surface area contributed by atoms with Crippen LogP contribution >= 0.6 is 0 Å². The van der Waals surface area contributed by atoms with Crippen molar-refractivity contribution in [2.24, 2.45) is 11.8 Å². The molecule has 1 aromatic heterocycles. The molecule has 0 bridgehead atoms. The van der Waals surface area contributed by atoms with Gasteiger partial charge in [-0.1, -0.05) is 12.1 Å². The monoisotopic (exact) mass is 339 g/mol. The van der Waals surface area contributed by atoms with Gasteiger partial charge in [0, 0.05) is 24.9 Å². The quantitative estimate of drug-likeness (QED) is 0.881. The van der Waals surface area contributed by atoms with Gasteiger partial charge in [-0.2, -0.15) is 0 Å². The van der Waals surface area contributed by atoms with E-state index < -0.39 is 0 Å². The Morgan fingerprint density at radius 3 is 2.52 bits per heavy atom. The third-order valence-corrected chi connectivity index (χ3v) is 5.75. The van der Waals surface area contributed by atoms with Gasteiger partial charge in [-0.05, 0) is 75.1 Å². The molecule has 1 fully saturated rings. The van der Waals surface area contributed by atoms with Crippen molar-refractivity contribution >= 4 is 22.6 Å². The first-order chi connectivity index (χ1) is 12.0. The Morgan fingerprint density at radius 2 is 1.84 bits per heavy atom. The standard InChI is InChI=1S/C21H29N3O/c1-13-5-10-18-14(2)11-19(24-20(18)15(13)3)23-12-16-6-8-17(9-7-16)21(25)22-4/h5,10-11,16-17H,6-9,12H2,1-4H3,(H,22,25)(H,23,24). The minimum absolute atomic E-state index is 0.198. The van der Waals surface area contributed by atoms with Gasteiger partial charge in [0.2, 0.25) is 5.91 Å². The molecule has 1 aliphatic carbocycles. The summed E-state index contributed by atoms with van der Waals surface area (Å²) in [6, 6.07) is 6.49. The second kappa shape index (κ2) is 7.42. The molecule has 4 heteroatoms. The summed E-state index contributed by atoms with van der Waals surface area (Å²) in [6.07, 6.45) is 4.20. The van der Waals surface area contributed by atoms with Crippen LogP contribution in [0, 0.1) is 32.6 Å². The fourth-order valence-electron chi connectivity index (χ4n) is 3.87. The summed E-state index contributed by atoms with van der Waals surface area (Å²) in [4.78, 5) is 16.6. The molecular formula is C21H29N3O. The summed E-state index contributed by atoms with van der Waals surface area (Å²) in [6.45, 7) is 7.37. The molecule has 4 nitrogen and oxygen atoms in total. The maximum atomic E-state index is 11.7. The van der Waals surface area contributed by atoms with Gasteiger partial charge >= 0.3 is 0 Å². The number of carbonyl (C=O) groups excluding carboxylic acids is 1. The van der Waals surface area contributed by atoms with Crippen LogP contribution in [-0.4, -0.2) is 24.5 Å². The summed E-state index contributed by atoms with van der Waals surface area (Å²) in [5.41, 5.74) is 4.91. The number of amides is 1. The van der Waals surface area contributed by atoms with E-state index in [-0.39, 0.29) is 11.8 Å². The maximum Gasteiger partial charge on any atom is 0.222 e. The van der Waals surface area contributed by atoms with E-state index in [1.54, 1.807) is 7.05 Å². The van der Waals surface area contributed by atoms with Crippen molar-refractivity contribution in [3.63, 3.8) is 0 Å². The molecule has 134 valence electrons. The highest BCUT2D eigenvalue weighted by Gasteiger charge is 2.25. The van der Waals surface area contributed by atoms with Gasteiger partial charge in [0.05, 0.1) is 5.52 Å². The Hall–Kier alpha value is -2.10. The number of carbonyl (C=O) groups is 1. The van der Waals surface area contributed by atoms with Crippen molar-refractivity contribution in [1.29, 1.82) is 0 Å². The number of hydrogen-bond acceptors (Lipinski definition) is 3. The number of aromatic nitrogens is 1. The second-order valence-electron chi connectivity index (χ2n) is 7.44. The van der Waals surface area contributed by atoms with E-state index in [9.17, 15) is 4.79 Å². The second-order valence-corrected chi connectivity index (χ2v) is 7.44. The number of nitrogens with one attached hydrogen (secondary N) is 2. The predicted octanol–water partition coefficient (Wildman–Crippen LogP) is 4.12. The molecule has 0 radical (unpaired) electrons. The van der Waals surface area contributed by atoms with E-state index in [4.69, 9.17) is 4.98 Å². The average Bonchev–Trinajstić information content (AvgIpc) is 2.63. The van der Waals surface area contributed by atoms with Crippen LogP contribution in [0.3, 0.4) is 0 Å². The number of hydrogen-bond donors (Lipinski definition) is 2. The topological polar surface area (TPSA) is 54.0 Å². The smallest absolute Gasteiger partial charge is 0.222 e. The van der Waals surface area contributed by atoms with Crippen molar-refractivity contribution in [3.8, 4) is 0 Å².